The first-order valence-electron chi connectivity index (χ1n) is 9.20. The average Bonchev–Trinajstić information content (AvgIpc) is 3.20. The Bertz CT molecular complexity index is 461. The Labute approximate surface area is 138 Å². The predicted molar refractivity (Wildman–Crippen MR) is 87.1 cm³/mol. The molecule has 0 bridgehead atoms. The largest absolute Gasteiger partial charge is 0.378 e. The quantitative estimate of drug-likeness (QED) is 0.735. The van der Waals surface area contributed by atoms with Gasteiger partial charge in [0.1, 0.15) is 0 Å². The molecule has 3 saturated heterocycles. The lowest BCUT2D eigenvalue weighted by atomic mass is 9.93. The number of morpholine rings is 1. The van der Waals surface area contributed by atoms with Crippen molar-refractivity contribution in [2.75, 3.05) is 46.0 Å². The molecule has 5 heteroatoms. The molecule has 0 spiro atoms. The topological polar surface area (TPSA) is 42.0 Å². The highest BCUT2D eigenvalue weighted by atomic mass is 16.5. The van der Waals surface area contributed by atoms with E-state index in [0.29, 0.717) is 19.3 Å². The molecule has 0 N–H and O–H groups in total. The molecule has 0 aromatic heterocycles. The maximum absolute atomic E-state index is 12.9. The second-order valence-corrected chi connectivity index (χ2v) is 7.34. The van der Waals surface area contributed by atoms with Crippen molar-refractivity contribution in [1.82, 2.24) is 9.80 Å². The Balaban J connectivity index is 1.42. The number of fused-ring (bicyclic) bond motifs is 1. The lowest BCUT2D eigenvalue weighted by Crippen LogP contribution is -2.46. The smallest absolute Gasteiger partial charge is 0.229 e. The highest BCUT2D eigenvalue weighted by Crippen LogP contribution is 2.36. The van der Waals surface area contributed by atoms with Crippen LogP contribution in [0.1, 0.15) is 25.7 Å². The van der Waals surface area contributed by atoms with Crippen molar-refractivity contribution in [3.63, 3.8) is 0 Å². The van der Waals surface area contributed by atoms with Gasteiger partial charge in [-0.15, -0.1) is 0 Å². The van der Waals surface area contributed by atoms with Gasteiger partial charge in [-0.05, 0) is 31.6 Å². The molecule has 4 atom stereocenters. The maximum atomic E-state index is 12.9. The molecule has 3 heterocycles. The number of allylic oxidation sites excluding steroid dienone is 2. The molecule has 3 aliphatic heterocycles. The zero-order chi connectivity index (χ0) is 15.6. The number of ether oxygens (including phenoxy) is 2. The van der Waals surface area contributed by atoms with E-state index in [1.807, 2.05) is 4.90 Å². The van der Waals surface area contributed by atoms with Gasteiger partial charge in [-0.1, -0.05) is 12.2 Å². The van der Waals surface area contributed by atoms with Gasteiger partial charge in [0.25, 0.3) is 0 Å². The molecule has 0 aromatic rings. The van der Waals surface area contributed by atoms with Gasteiger partial charge in [0.15, 0.2) is 0 Å². The summed E-state index contributed by atoms with van der Waals surface area (Å²) < 4.78 is 11.4. The van der Waals surface area contributed by atoms with E-state index in [1.54, 1.807) is 0 Å². The fourth-order valence-electron chi connectivity index (χ4n) is 4.67. The molecule has 1 amide bonds. The van der Waals surface area contributed by atoms with Gasteiger partial charge in [0, 0.05) is 38.8 Å². The van der Waals surface area contributed by atoms with Gasteiger partial charge in [0.2, 0.25) is 5.91 Å². The summed E-state index contributed by atoms with van der Waals surface area (Å²) in [5, 5.41) is 0. The van der Waals surface area contributed by atoms with Gasteiger partial charge >= 0.3 is 0 Å². The van der Waals surface area contributed by atoms with Crippen molar-refractivity contribution in [3.05, 3.63) is 12.2 Å². The number of rotatable bonds is 3. The van der Waals surface area contributed by atoms with Crippen LogP contribution in [0.5, 0.6) is 0 Å². The molecule has 3 fully saturated rings. The minimum atomic E-state index is 0.0275. The zero-order valence-corrected chi connectivity index (χ0v) is 13.9. The highest BCUT2D eigenvalue weighted by Gasteiger charge is 2.49. The zero-order valence-electron chi connectivity index (χ0n) is 13.9. The van der Waals surface area contributed by atoms with Crippen LogP contribution < -0.4 is 0 Å². The van der Waals surface area contributed by atoms with E-state index in [-0.39, 0.29) is 17.9 Å². The molecular formula is C18H28N2O3. The van der Waals surface area contributed by atoms with Gasteiger partial charge in [-0.25, -0.2) is 0 Å². The normalized spacial score (nSPS) is 38.0. The number of hydrogen-bond acceptors (Lipinski definition) is 4. The van der Waals surface area contributed by atoms with E-state index in [1.165, 1.54) is 19.3 Å². The van der Waals surface area contributed by atoms with Crippen LogP contribution in [0.25, 0.3) is 0 Å². The minimum Gasteiger partial charge on any atom is -0.378 e. The van der Waals surface area contributed by atoms with Crippen molar-refractivity contribution < 1.29 is 14.3 Å². The van der Waals surface area contributed by atoms with E-state index in [4.69, 9.17) is 9.47 Å². The molecular weight excluding hydrogens is 292 g/mol. The third-order valence-electron chi connectivity index (χ3n) is 5.91. The van der Waals surface area contributed by atoms with Crippen molar-refractivity contribution in [1.29, 1.82) is 0 Å². The Kier molecular flexibility index (Phi) is 4.69. The van der Waals surface area contributed by atoms with Crippen LogP contribution in [0.4, 0.5) is 0 Å². The molecule has 0 saturated carbocycles. The van der Waals surface area contributed by atoms with Crippen LogP contribution in [0.15, 0.2) is 12.2 Å². The van der Waals surface area contributed by atoms with Crippen LogP contribution in [-0.2, 0) is 14.3 Å². The van der Waals surface area contributed by atoms with Gasteiger partial charge in [0.05, 0.1) is 25.2 Å². The van der Waals surface area contributed by atoms with Crippen LogP contribution >= 0.6 is 0 Å². The third-order valence-corrected chi connectivity index (χ3v) is 5.91. The third kappa shape index (κ3) is 3.19. The Morgan fingerprint density at radius 3 is 2.78 bits per heavy atom. The van der Waals surface area contributed by atoms with Crippen LogP contribution in [0, 0.1) is 11.8 Å². The molecule has 5 nitrogen and oxygen atoms in total. The average molecular weight is 320 g/mol. The van der Waals surface area contributed by atoms with Crippen molar-refractivity contribution in [2.24, 2.45) is 11.8 Å². The number of hydrogen-bond donors (Lipinski definition) is 0. The summed E-state index contributed by atoms with van der Waals surface area (Å²) in [6, 6.07) is 0.455. The van der Waals surface area contributed by atoms with Crippen molar-refractivity contribution in [2.45, 2.75) is 37.8 Å². The molecule has 1 unspecified atom stereocenters. The van der Waals surface area contributed by atoms with E-state index in [2.05, 4.69) is 17.1 Å². The molecule has 4 rings (SSSR count). The summed E-state index contributed by atoms with van der Waals surface area (Å²) in [6.07, 6.45) is 9.50. The number of carbonyl (C=O) groups excluding carboxylic acids is 1. The van der Waals surface area contributed by atoms with Crippen LogP contribution in [0.2, 0.25) is 0 Å². The second-order valence-electron chi connectivity index (χ2n) is 7.34. The molecule has 128 valence electrons. The Morgan fingerprint density at radius 2 is 2.00 bits per heavy atom. The molecule has 0 aromatic carbocycles. The second kappa shape index (κ2) is 6.91. The SMILES string of the molecule is O=C([C@H]1CN(CC2CC=CCC2)[C@@H]2CCO[C@H]12)N1CCOCC1. The van der Waals surface area contributed by atoms with Crippen LogP contribution in [0.3, 0.4) is 0 Å². The highest BCUT2D eigenvalue weighted by molar-refractivity contribution is 5.80. The molecule has 1 aliphatic carbocycles. The van der Waals surface area contributed by atoms with E-state index >= 15 is 0 Å². The van der Waals surface area contributed by atoms with E-state index < -0.39 is 0 Å². The number of carbonyl (C=O) groups is 1. The molecule has 0 radical (unpaired) electrons. The van der Waals surface area contributed by atoms with E-state index in [0.717, 1.165) is 45.1 Å². The number of amides is 1. The van der Waals surface area contributed by atoms with Crippen molar-refractivity contribution in [3.8, 4) is 0 Å². The monoisotopic (exact) mass is 320 g/mol. The summed E-state index contributed by atoms with van der Waals surface area (Å²) >= 11 is 0. The van der Waals surface area contributed by atoms with Gasteiger partial charge in [-0.3, -0.25) is 9.69 Å². The van der Waals surface area contributed by atoms with Crippen molar-refractivity contribution >= 4 is 5.91 Å². The first-order valence-corrected chi connectivity index (χ1v) is 9.20. The Morgan fingerprint density at radius 1 is 1.13 bits per heavy atom. The predicted octanol–water partition coefficient (Wildman–Crippen LogP) is 1.29. The van der Waals surface area contributed by atoms with Gasteiger partial charge in [-0.2, -0.15) is 0 Å². The summed E-state index contributed by atoms with van der Waals surface area (Å²) in [5.74, 6) is 1.06. The number of nitrogens with zero attached hydrogens (tertiary/aromatic N) is 2. The lowest BCUT2D eigenvalue weighted by Gasteiger charge is -2.30. The van der Waals surface area contributed by atoms with E-state index in [9.17, 15) is 4.79 Å². The van der Waals surface area contributed by atoms with Crippen LogP contribution in [-0.4, -0.2) is 73.9 Å². The lowest BCUT2D eigenvalue weighted by molar-refractivity contribution is -0.142. The summed E-state index contributed by atoms with van der Waals surface area (Å²) in [4.78, 5) is 17.5. The first-order chi connectivity index (χ1) is 11.3. The summed E-state index contributed by atoms with van der Waals surface area (Å²) in [6.45, 7) is 5.63. The summed E-state index contributed by atoms with van der Waals surface area (Å²) in [5.41, 5.74) is 0. The first kappa shape index (κ1) is 15.6. The number of likely N-dealkylation sites (tertiary alicyclic amines) is 1. The fourth-order valence-corrected chi connectivity index (χ4v) is 4.67. The standard InChI is InChI=1S/C18H28N2O3/c21-18(19-7-10-22-11-8-19)15-13-20(16-6-9-23-17(15)16)12-14-4-2-1-3-5-14/h1-2,14-17H,3-13H2/t14?,15-,16+,17+/m0/s1. The molecule has 23 heavy (non-hydrogen) atoms. The Hall–Kier alpha value is -0.910. The fraction of sp³-hybridized carbons (Fsp3) is 0.833. The maximum Gasteiger partial charge on any atom is 0.229 e. The molecule has 4 aliphatic rings. The van der Waals surface area contributed by atoms with Gasteiger partial charge < -0.3 is 14.4 Å². The summed E-state index contributed by atoms with van der Waals surface area (Å²) in [7, 11) is 0. The minimum absolute atomic E-state index is 0.0275.